The number of fused-ring (bicyclic) bond motifs is 1. The van der Waals surface area contributed by atoms with Crippen LogP contribution in [0.5, 0.6) is 5.75 Å². The summed E-state index contributed by atoms with van der Waals surface area (Å²) in [5.41, 5.74) is 1.60. The van der Waals surface area contributed by atoms with E-state index in [1.165, 1.54) is 0 Å². The van der Waals surface area contributed by atoms with E-state index in [1.807, 2.05) is 6.92 Å². The lowest BCUT2D eigenvalue weighted by Gasteiger charge is -2.06. The van der Waals surface area contributed by atoms with Crippen molar-refractivity contribution >= 4 is 10.8 Å². The highest BCUT2D eigenvalue weighted by molar-refractivity contribution is 5.84. The highest BCUT2D eigenvalue weighted by Gasteiger charge is 2.10. The summed E-state index contributed by atoms with van der Waals surface area (Å²) in [4.78, 5) is 0. The third-order valence-corrected chi connectivity index (χ3v) is 4.94. The van der Waals surface area contributed by atoms with E-state index in [9.17, 15) is 17.6 Å². The molecule has 0 aliphatic heterocycles. The van der Waals surface area contributed by atoms with Crippen molar-refractivity contribution in [3.63, 3.8) is 0 Å². The van der Waals surface area contributed by atoms with Crippen molar-refractivity contribution in [1.82, 2.24) is 0 Å². The van der Waals surface area contributed by atoms with Crippen molar-refractivity contribution in [3.05, 3.63) is 112 Å². The molecule has 0 aliphatic carbocycles. The van der Waals surface area contributed by atoms with Crippen molar-refractivity contribution in [2.45, 2.75) is 13.3 Å². The van der Waals surface area contributed by atoms with Gasteiger partial charge in [-0.2, -0.15) is 0 Å². The molecule has 0 aromatic heterocycles. The fourth-order valence-electron chi connectivity index (χ4n) is 3.21. The molecular formula is C29H18F4O. The molecule has 0 amide bonds. The highest BCUT2D eigenvalue weighted by Crippen LogP contribution is 2.21. The average Bonchev–Trinajstić information content (AvgIpc) is 2.82. The molecule has 0 heterocycles. The van der Waals surface area contributed by atoms with Crippen LogP contribution >= 0.6 is 0 Å². The van der Waals surface area contributed by atoms with E-state index in [0.717, 1.165) is 30.7 Å². The monoisotopic (exact) mass is 458 g/mol. The third-order valence-electron chi connectivity index (χ3n) is 4.94. The molecule has 0 bridgehead atoms. The normalized spacial score (nSPS) is 10.3. The number of rotatable bonds is 3. The van der Waals surface area contributed by atoms with Crippen molar-refractivity contribution in [1.29, 1.82) is 0 Å². The minimum absolute atomic E-state index is 0.133. The molecule has 34 heavy (non-hydrogen) atoms. The van der Waals surface area contributed by atoms with Crippen LogP contribution in [0.25, 0.3) is 10.8 Å². The standard InChI is InChI=1S/C29H18F4O/c1-2-13-34-24-17-26(30)25(27(31)18-24)12-10-20-5-3-19(4-6-20)7-8-21-9-11-22-15-28(32)29(33)16-23(22)14-21/h3-6,9,11,14-18H,2,13H2,1H3. The second-order valence-electron chi connectivity index (χ2n) is 7.52. The van der Waals surface area contributed by atoms with Gasteiger partial charge in [-0.25, -0.2) is 17.6 Å². The molecule has 1 nitrogen and oxygen atoms in total. The lowest BCUT2D eigenvalue weighted by atomic mass is 10.1. The number of benzene rings is 4. The van der Waals surface area contributed by atoms with E-state index < -0.39 is 23.3 Å². The zero-order valence-corrected chi connectivity index (χ0v) is 18.2. The first-order chi connectivity index (χ1) is 16.4. The Morgan fingerprint density at radius 2 is 1.12 bits per heavy atom. The van der Waals surface area contributed by atoms with Crippen molar-refractivity contribution < 1.29 is 22.3 Å². The van der Waals surface area contributed by atoms with Crippen LogP contribution in [0.4, 0.5) is 17.6 Å². The first-order valence-corrected chi connectivity index (χ1v) is 10.6. The van der Waals surface area contributed by atoms with Crippen LogP contribution < -0.4 is 4.74 Å². The van der Waals surface area contributed by atoms with Crippen LogP contribution in [0.3, 0.4) is 0 Å². The maximum Gasteiger partial charge on any atom is 0.159 e. The van der Waals surface area contributed by atoms with Gasteiger partial charge >= 0.3 is 0 Å². The van der Waals surface area contributed by atoms with Crippen LogP contribution in [-0.4, -0.2) is 6.61 Å². The summed E-state index contributed by atoms with van der Waals surface area (Å²) in [6, 6.07) is 16.5. The average molecular weight is 458 g/mol. The van der Waals surface area contributed by atoms with Gasteiger partial charge in [0.2, 0.25) is 0 Å². The van der Waals surface area contributed by atoms with E-state index in [1.54, 1.807) is 42.5 Å². The maximum atomic E-state index is 14.2. The quantitative estimate of drug-likeness (QED) is 0.238. The fraction of sp³-hybridized carbons (Fsp3) is 0.103. The van der Waals surface area contributed by atoms with Crippen LogP contribution in [0, 0.1) is 47.0 Å². The van der Waals surface area contributed by atoms with E-state index in [-0.39, 0.29) is 11.3 Å². The van der Waals surface area contributed by atoms with Crippen LogP contribution in [0.1, 0.15) is 35.6 Å². The lowest BCUT2D eigenvalue weighted by molar-refractivity contribution is 0.313. The van der Waals surface area contributed by atoms with Gasteiger partial charge in [0, 0.05) is 28.8 Å². The summed E-state index contributed by atoms with van der Waals surface area (Å²) in [5, 5.41) is 1.14. The largest absolute Gasteiger partial charge is 0.493 e. The Kier molecular flexibility index (Phi) is 6.85. The summed E-state index contributed by atoms with van der Waals surface area (Å²) >= 11 is 0. The predicted molar refractivity (Wildman–Crippen MR) is 124 cm³/mol. The Balaban J connectivity index is 1.50. The molecule has 0 atom stereocenters. The van der Waals surface area contributed by atoms with Crippen LogP contribution in [0.2, 0.25) is 0 Å². The number of hydrogen-bond acceptors (Lipinski definition) is 1. The molecule has 0 unspecified atom stereocenters. The highest BCUT2D eigenvalue weighted by atomic mass is 19.2. The first kappa shape index (κ1) is 23.0. The van der Waals surface area contributed by atoms with Gasteiger partial charge in [-0.1, -0.05) is 36.7 Å². The molecular weight excluding hydrogens is 440 g/mol. The molecule has 0 aliphatic rings. The van der Waals surface area contributed by atoms with Gasteiger partial charge in [-0.05, 0) is 65.7 Å². The van der Waals surface area contributed by atoms with Crippen molar-refractivity contribution in [2.24, 2.45) is 0 Å². The number of halogens is 4. The number of hydrogen-bond donors (Lipinski definition) is 0. The minimum Gasteiger partial charge on any atom is -0.493 e. The molecule has 168 valence electrons. The summed E-state index contributed by atoms with van der Waals surface area (Å²) in [6.45, 7) is 2.27. The molecule has 0 saturated heterocycles. The molecule has 4 aromatic carbocycles. The Bertz CT molecular complexity index is 1460. The maximum absolute atomic E-state index is 14.2. The molecule has 4 aromatic rings. The zero-order valence-electron chi connectivity index (χ0n) is 18.2. The van der Waals surface area contributed by atoms with Gasteiger partial charge < -0.3 is 4.74 Å². The topological polar surface area (TPSA) is 9.23 Å². The number of ether oxygens (including phenoxy) is 1. The van der Waals surface area contributed by atoms with E-state index >= 15 is 0 Å². The van der Waals surface area contributed by atoms with Gasteiger partial charge in [0.15, 0.2) is 11.6 Å². The summed E-state index contributed by atoms with van der Waals surface area (Å²) in [7, 11) is 0. The molecule has 0 radical (unpaired) electrons. The predicted octanol–water partition coefficient (Wildman–Crippen LogP) is 6.98. The fourth-order valence-corrected chi connectivity index (χ4v) is 3.21. The summed E-state index contributed by atoms with van der Waals surface area (Å²) < 4.78 is 60.5. The van der Waals surface area contributed by atoms with Crippen molar-refractivity contribution in [3.8, 4) is 29.4 Å². The molecule has 0 saturated carbocycles. The van der Waals surface area contributed by atoms with Crippen LogP contribution in [0.15, 0.2) is 66.7 Å². The summed E-state index contributed by atoms with van der Waals surface area (Å²) in [6.07, 6.45) is 0.731. The Morgan fingerprint density at radius 3 is 1.74 bits per heavy atom. The van der Waals surface area contributed by atoms with Gasteiger partial charge in [0.25, 0.3) is 0 Å². The molecule has 0 fully saturated rings. The Hall–Kier alpha value is -4.22. The van der Waals surface area contributed by atoms with E-state index in [0.29, 0.717) is 34.1 Å². The smallest absolute Gasteiger partial charge is 0.159 e. The molecule has 4 rings (SSSR count). The Morgan fingerprint density at radius 1 is 0.588 bits per heavy atom. The lowest BCUT2D eigenvalue weighted by Crippen LogP contribution is -1.98. The van der Waals surface area contributed by atoms with Gasteiger partial charge in [-0.3, -0.25) is 0 Å². The van der Waals surface area contributed by atoms with E-state index in [2.05, 4.69) is 23.7 Å². The molecule has 0 N–H and O–H groups in total. The minimum atomic E-state index is -0.908. The van der Waals surface area contributed by atoms with Crippen molar-refractivity contribution in [2.75, 3.05) is 6.61 Å². The summed E-state index contributed by atoms with van der Waals surface area (Å²) in [5.74, 6) is 8.04. The van der Waals surface area contributed by atoms with Gasteiger partial charge in [0.05, 0.1) is 12.2 Å². The van der Waals surface area contributed by atoms with Crippen LogP contribution in [-0.2, 0) is 0 Å². The molecule has 5 heteroatoms. The first-order valence-electron chi connectivity index (χ1n) is 10.6. The zero-order chi connectivity index (χ0) is 24.1. The third kappa shape index (κ3) is 5.39. The van der Waals surface area contributed by atoms with Gasteiger partial charge in [0.1, 0.15) is 17.4 Å². The second kappa shape index (κ2) is 10.1. The SMILES string of the molecule is CCCOc1cc(F)c(C#Cc2ccc(C#Cc3ccc4cc(F)c(F)cc4c3)cc2)c(F)c1. The molecule has 0 spiro atoms. The second-order valence-corrected chi connectivity index (χ2v) is 7.52. The van der Waals surface area contributed by atoms with Gasteiger partial charge in [-0.15, -0.1) is 0 Å². The Labute approximate surface area is 195 Å². The van der Waals surface area contributed by atoms with E-state index in [4.69, 9.17) is 4.74 Å².